The van der Waals surface area contributed by atoms with E-state index in [9.17, 15) is 4.79 Å². The summed E-state index contributed by atoms with van der Waals surface area (Å²) >= 11 is 0. The number of rotatable bonds is 3. The molecule has 0 radical (unpaired) electrons. The van der Waals surface area contributed by atoms with Gasteiger partial charge in [-0.1, -0.05) is 11.2 Å². The number of tetrazole rings is 1. The molecule has 2 aromatic rings. The van der Waals surface area contributed by atoms with Crippen LogP contribution in [0.15, 0.2) is 29.5 Å². The van der Waals surface area contributed by atoms with Gasteiger partial charge in [0.25, 0.3) is 0 Å². The van der Waals surface area contributed by atoms with Crippen molar-refractivity contribution in [2.45, 2.75) is 19.9 Å². The van der Waals surface area contributed by atoms with E-state index in [0.29, 0.717) is 28.7 Å². The predicted octanol–water partition coefficient (Wildman–Crippen LogP) is 1.25. The highest BCUT2D eigenvalue weighted by molar-refractivity contribution is 5.92. The molecule has 124 valence electrons. The summed E-state index contributed by atoms with van der Waals surface area (Å²) in [7, 11) is 0. The lowest BCUT2D eigenvalue weighted by Gasteiger charge is -2.27. The molecular formula is C15H15N5O4. The molecule has 3 heterocycles. The zero-order valence-electron chi connectivity index (χ0n) is 13.1. The Balaban J connectivity index is 1.84. The number of hydrogen-bond donors (Lipinski definition) is 1. The molecule has 1 aromatic carbocycles. The van der Waals surface area contributed by atoms with Crippen LogP contribution in [-0.2, 0) is 9.53 Å². The Morgan fingerprint density at radius 2 is 2.25 bits per heavy atom. The predicted molar refractivity (Wildman–Crippen MR) is 81.5 cm³/mol. The van der Waals surface area contributed by atoms with E-state index in [1.54, 1.807) is 18.5 Å². The molecule has 1 N–H and O–H groups in total. The molecule has 1 aromatic heterocycles. The molecule has 2 aliphatic heterocycles. The second kappa shape index (κ2) is 5.52. The number of carbonyl (C=O) groups is 1. The first-order chi connectivity index (χ1) is 11.7. The SMILES string of the molecule is CCOC(=O)C1=C(C)Nc2nnnn2C1c1ccc2c(c1)OCO2. The molecule has 1 unspecified atom stereocenters. The van der Waals surface area contributed by atoms with Crippen LogP contribution in [0, 0.1) is 0 Å². The molecule has 0 fully saturated rings. The van der Waals surface area contributed by atoms with Gasteiger partial charge in [0.2, 0.25) is 12.7 Å². The smallest absolute Gasteiger partial charge is 0.338 e. The topological polar surface area (TPSA) is 100 Å². The Labute approximate surface area is 137 Å². The molecule has 4 rings (SSSR count). The highest BCUT2D eigenvalue weighted by Gasteiger charge is 2.35. The Morgan fingerprint density at radius 1 is 1.42 bits per heavy atom. The van der Waals surface area contributed by atoms with Crippen molar-refractivity contribution in [3.8, 4) is 11.5 Å². The van der Waals surface area contributed by atoms with Crippen molar-refractivity contribution in [1.29, 1.82) is 0 Å². The largest absolute Gasteiger partial charge is 0.463 e. The van der Waals surface area contributed by atoms with Gasteiger partial charge in [0, 0.05) is 5.70 Å². The quantitative estimate of drug-likeness (QED) is 0.840. The first kappa shape index (κ1) is 14.5. The van der Waals surface area contributed by atoms with Gasteiger partial charge in [-0.2, -0.15) is 4.68 Å². The first-order valence-electron chi connectivity index (χ1n) is 7.51. The molecule has 9 nitrogen and oxygen atoms in total. The lowest BCUT2D eigenvalue weighted by atomic mass is 9.95. The number of fused-ring (bicyclic) bond motifs is 2. The molecule has 0 saturated carbocycles. The Morgan fingerprint density at radius 3 is 3.08 bits per heavy atom. The van der Waals surface area contributed by atoms with Crippen LogP contribution in [-0.4, -0.2) is 39.6 Å². The van der Waals surface area contributed by atoms with E-state index in [4.69, 9.17) is 14.2 Å². The molecular weight excluding hydrogens is 314 g/mol. The minimum absolute atomic E-state index is 0.181. The molecule has 1 atom stereocenters. The van der Waals surface area contributed by atoms with Crippen LogP contribution in [0.3, 0.4) is 0 Å². The second-order valence-electron chi connectivity index (χ2n) is 5.35. The van der Waals surface area contributed by atoms with E-state index in [0.717, 1.165) is 5.56 Å². The third-order valence-electron chi connectivity index (χ3n) is 3.92. The zero-order valence-corrected chi connectivity index (χ0v) is 13.1. The summed E-state index contributed by atoms with van der Waals surface area (Å²) in [5.41, 5.74) is 1.91. The van der Waals surface area contributed by atoms with Crippen LogP contribution in [0.25, 0.3) is 0 Å². The fourth-order valence-electron chi connectivity index (χ4n) is 2.88. The molecule has 0 amide bonds. The van der Waals surface area contributed by atoms with Crippen molar-refractivity contribution in [1.82, 2.24) is 20.2 Å². The lowest BCUT2D eigenvalue weighted by Crippen LogP contribution is -2.29. The van der Waals surface area contributed by atoms with E-state index in [1.807, 2.05) is 18.2 Å². The van der Waals surface area contributed by atoms with E-state index >= 15 is 0 Å². The van der Waals surface area contributed by atoms with E-state index in [2.05, 4.69) is 20.8 Å². The molecule has 0 spiro atoms. The number of benzene rings is 1. The number of aromatic nitrogens is 4. The molecule has 0 aliphatic carbocycles. The monoisotopic (exact) mass is 329 g/mol. The first-order valence-corrected chi connectivity index (χ1v) is 7.51. The fourth-order valence-corrected chi connectivity index (χ4v) is 2.88. The highest BCUT2D eigenvalue weighted by Crippen LogP contribution is 2.40. The van der Waals surface area contributed by atoms with Crippen molar-refractivity contribution >= 4 is 11.9 Å². The third-order valence-corrected chi connectivity index (χ3v) is 3.92. The standard InChI is InChI=1S/C15H15N5O4/c1-3-22-14(21)12-8(2)16-15-17-18-19-20(15)13(12)9-4-5-10-11(6-9)24-7-23-10/h4-6,13H,3,7H2,1-2H3,(H,16,17,19). The molecule has 24 heavy (non-hydrogen) atoms. The van der Waals surface area contributed by atoms with Gasteiger partial charge < -0.3 is 19.5 Å². The van der Waals surface area contributed by atoms with E-state index in [1.165, 1.54) is 0 Å². The summed E-state index contributed by atoms with van der Waals surface area (Å²) in [4.78, 5) is 12.5. The van der Waals surface area contributed by atoms with Crippen molar-refractivity contribution in [3.05, 3.63) is 35.0 Å². The summed E-state index contributed by atoms with van der Waals surface area (Å²) in [6.45, 7) is 4.03. The maximum absolute atomic E-state index is 12.5. The van der Waals surface area contributed by atoms with E-state index < -0.39 is 12.0 Å². The van der Waals surface area contributed by atoms with Crippen LogP contribution in [0.1, 0.15) is 25.5 Å². The number of hydrogen-bond acceptors (Lipinski definition) is 8. The van der Waals surface area contributed by atoms with Crippen molar-refractivity contribution < 1.29 is 19.0 Å². The maximum Gasteiger partial charge on any atom is 0.338 e. The fraction of sp³-hybridized carbons (Fsp3) is 0.333. The van der Waals surface area contributed by atoms with Gasteiger partial charge >= 0.3 is 5.97 Å². The van der Waals surface area contributed by atoms with Crippen molar-refractivity contribution in [3.63, 3.8) is 0 Å². The average molecular weight is 329 g/mol. The van der Waals surface area contributed by atoms with Gasteiger partial charge in [-0.05, 0) is 42.0 Å². The minimum Gasteiger partial charge on any atom is -0.463 e. The summed E-state index contributed by atoms with van der Waals surface area (Å²) in [5.74, 6) is 1.35. The lowest BCUT2D eigenvalue weighted by molar-refractivity contribution is -0.139. The number of nitrogens with one attached hydrogen (secondary N) is 1. The van der Waals surface area contributed by atoms with E-state index in [-0.39, 0.29) is 13.4 Å². The van der Waals surface area contributed by atoms with Crippen LogP contribution in [0.4, 0.5) is 5.95 Å². The maximum atomic E-state index is 12.5. The van der Waals surface area contributed by atoms with Crippen LogP contribution >= 0.6 is 0 Å². The van der Waals surface area contributed by atoms with Gasteiger partial charge in [0.1, 0.15) is 6.04 Å². The Kier molecular flexibility index (Phi) is 3.33. The van der Waals surface area contributed by atoms with Crippen molar-refractivity contribution in [2.75, 3.05) is 18.7 Å². The highest BCUT2D eigenvalue weighted by atomic mass is 16.7. The number of esters is 1. The Bertz CT molecular complexity index is 844. The van der Waals surface area contributed by atoms with Crippen LogP contribution in [0.5, 0.6) is 11.5 Å². The minimum atomic E-state index is -0.509. The van der Waals surface area contributed by atoms with Crippen LogP contribution < -0.4 is 14.8 Å². The van der Waals surface area contributed by atoms with Crippen LogP contribution in [0.2, 0.25) is 0 Å². The normalized spacial score (nSPS) is 18.2. The summed E-state index contributed by atoms with van der Waals surface area (Å²) in [5, 5.41) is 14.7. The van der Waals surface area contributed by atoms with Gasteiger partial charge in [-0.25, -0.2) is 4.79 Å². The van der Waals surface area contributed by atoms with Gasteiger partial charge in [0.15, 0.2) is 11.5 Å². The third kappa shape index (κ3) is 2.16. The Hall–Kier alpha value is -3.10. The zero-order chi connectivity index (χ0) is 16.7. The molecule has 2 aliphatic rings. The van der Waals surface area contributed by atoms with Gasteiger partial charge in [-0.3, -0.25) is 0 Å². The number of ether oxygens (including phenoxy) is 3. The van der Waals surface area contributed by atoms with Gasteiger partial charge in [-0.15, -0.1) is 0 Å². The summed E-state index contributed by atoms with van der Waals surface area (Å²) in [6, 6.07) is 4.99. The summed E-state index contributed by atoms with van der Waals surface area (Å²) < 4.78 is 17.5. The molecule has 9 heteroatoms. The number of anilines is 1. The molecule has 0 saturated heterocycles. The summed E-state index contributed by atoms with van der Waals surface area (Å²) in [6.07, 6.45) is 0. The van der Waals surface area contributed by atoms with Crippen molar-refractivity contribution in [2.24, 2.45) is 0 Å². The second-order valence-corrected chi connectivity index (χ2v) is 5.35. The number of nitrogens with zero attached hydrogens (tertiary/aromatic N) is 4. The molecule has 0 bridgehead atoms. The number of allylic oxidation sites excluding steroid dienone is 1. The van der Waals surface area contributed by atoms with Gasteiger partial charge in [0.05, 0.1) is 12.2 Å². The average Bonchev–Trinajstić information content (AvgIpc) is 3.21. The number of carbonyl (C=O) groups excluding carboxylic acids is 1.